The van der Waals surface area contributed by atoms with E-state index in [-0.39, 0.29) is 0 Å². The molecule has 0 saturated heterocycles. The van der Waals surface area contributed by atoms with E-state index >= 15 is 0 Å². The van der Waals surface area contributed by atoms with Gasteiger partial charge < -0.3 is 4.90 Å². The van der Waals surface area contributed by atoms with E-state index in [0.29, 0.717) is 0 Å². The number of rotatable bonds is 9. The van der Waals surface area contributed by atoms with E-state index in [4.69, 9.17) is 0 Å². The normalized spacial score (nSPS) is 14.4. The number of unbranched alkanes of at least 4 members (excludes halogenated alkanes) is 5. The number of halogens is 1. The molecule has 3 heteroatoms. The van der Waals surface area contributed by atoms with Crippen molar-refractivity contribution in [3.63, 3.8) is 0 Å². The fourth-order valence-corrected chi connectivity index (χ4v) is 4.94. The quantitative estimate of drug-likeness (QED) is 0.123. The average Bonchev–Trinajstić information content (AvgIpc) is 2.81. The molecule has 0 amide bonds. The second kappa shape index (κ2) is 10.9. The number of aryl methyl sites for hydroxylation is 1. The van der Waals surface area contributed by atoms with Crippen LogP contribution in [0.15, 0.2) is 72.6 Å². The third kappa shape index (κ3) is 5.38. The van der Waals surface area contributed by atoms with Crippen LogP contribution in [0.5, 0.6) is 0 Å². The number of hydrogen-bond acceptors (Lipinski definition) is 1. The van der Waals surface area contributed by atoms with E-state index in [1.807, 2.05) is 0 Å². The lowest BCUT2D eigenvalue weighted by atomic mass is 10.0. The highest BCUT2D eigenvalue weighted by Gasteiger charge is 2.18. The van der Waals surface area contributed by atoms with Crippen LogP contribution in [0.3, 0.4) is 0 Å². The van der Waals surface area contributed by atoms with E-state index in [2.05, 4.69) is 118 Å². The molecule has 0 saturated carbocycles. The summed E-state index contributed by atoms with van der Waals surface area (Å²) in [5.41, 5.74) is 6.45. The molecule has 0 spiro atoms. The molecule has 1 aliphatic rings. The molecule has 0 aliphatic carbocycles. The molecule has 0 unspecified atom stereocenters. The Labute approximate surface area is 200 Å². The molecule has 0 atom stereocenters. The Hall–Kier alpha value is -2.14. The maximum Gasteiger partial charge on any atom is 0.212 e. The number of allylic oxidation sites excluding steroid dienone is 1. The first-order valence-electron chi connectivity index (χ1n) is 11.5. The highest BCUT2D eigenvalue weighted by Crippen LogP contribution is 2.32. The van der Waals surface area contributed by atoms with Gasteiger partial charge in [-0.3, -0.25) is 0 Å². The summed E-state index contributed by atoms with van der Waals surface area (Å²) in [6, 6.07) is 19.7. The SMILES string of the molecule is C[n+]1ccc(/C=C2\C=Cc3ccccc3N2CCCCCCCCI)c2ccccc21. The monoisotopic (exact) mass is 523 g/mol. The number of hydrogen-bond donors (Lipinski definition) is 0. The third-order valence-electron chi connectivity index (χ3n) is 6.11. The van der Waals surface area contributed by atoms with Crippen LogP contribution in [0.4, 0.5) is 5.69 Å². The van der Waals surface area contributed by atoms with Gasteiger partial charge in [-0.05, 0) is 52.7 Å². The first kappa shape index (κ1) is 22.1. The summed E-state index contributed by atoms with van der Waals surface area (Å²) in [7, 11) is 2.11. The van der Waals surface area contributed by atoms with Crippen LogP contribution in [0.1, 0.15) is 49.7 Å². The van der Waals surface area contributed by atoms with Gasteiger partial charge in [0.15, 0.2) is 6.20 Å². The molecule has 2 aromatic carbocycles. The Morgan fingerprint density at radius 3 is 2.45 bits per heavy atom. The summed E-state index contributed by atoms with van der Waals surface area (Å²) in [6.07, 6.45) is 17.1. The summed E-state index contributed by atoms with van der Waals surface area (Å²) >= 11 is 2.48. The van der Waals surface area contributed by atoms with Crippen LogP contribution in [-0.2, 0) is 7.05 Å². The molecule has 160 valence electrons. The zero-order valence-electron chi connectivity index (χ0n) is 18.4. The molecule has 0 N–H and O–H groups in total. The second-order valence-electron chi connectivity index (χ2n) is 8.32. The predicted molar refractivity (Wildman–Crippen MR) is 143 cm³/mol. The predicted octanol–water partition coefficient (Wildman–Crippen LogP) is 7.31. The number of anilines is 1. The van der Waals surface area contributed by atoms with E-state index < -0.39 is 0 Å². The van der Waals surface area contributed by atoms with Gasteiger partial charge in [-0.2, -0.15) is 0 Å². The van der Waals surface area contributed by atoms with Crippen LogP contribution in [-0.4, -0.2) is 11.0 Å². The number of aromatic nitrogens is 1. The van der Waals surface area contributed by atoms with Crippen molar-refractivity contribution in [2.75, 3.05) is 15.9 Å². The molecular weight excluding hydrogens is 491 g/mol. The molecule has 0 fully saturated rings. The van der Waals surface area contributed by atoms with Gasteiger partial charge in [0.25, 0.3) is 0 Å². The first-order chi connectivity index (χ1) is 15.3. The van der Waals surface area contributed by atoms with Crippen LogP contribution < -0.4 is 9.47 Å². The van der Waals surface area contributed by atoms with Gasteiger partial charge in [-0.1, -0.05) is 84.7 Å². The fraction of sp³-hybridized carbons (Fsp3) is 0.321. The van der Waals surface area contributed by atoms with E-state index in [1.165, 1.54) is 76.4 Å². The number of benzene rings is 2. The minimum absolute atomic E-state index is 1.07. The molecule has 31 heavy (non-hydrogen) atoms. The Kier molecular flexibility index (Phi) is 7.79. The maximum atomic E-state index is 2.52. The lowest BCUT2D eigenvalue weighted by molar-refractivity contribution is -0.644. The third-order valence-corrected chi connectivity index (χ3v) is 6.88. The Balaban J connectivity index is 1.58. The smallest absolute Gasteiger partial charge is 0.212 e. The van der Waals surface area contributed by atoms with Gasteiger partial charge in [-0.25, -0.2) is 4.57 Å². The summed E-state index contributed by atoms with van der Waals surface area (Å²) in [6.45, 7) is 1.07. The molecule has 1 aromatic heterocycles. The maximum absolute atomic E-state index is 2.52. The molecule has 0 radical (unpaired) electrons. The largest absolute Gasteiger partial charge is 0.341 e. The van der Waals surface area contributed by atoms with Gasteiger partial charge in [0.2, 0.25) is 5.52 Å². The molecule has 2 nitrogen and oxygen atoms in total. The zero-order valence-corrected chi connectivity index (χ0v) is 20.6. The number of alkyl halides is 1. The van der Waals surface area contributed by atoms with Crippen molar-refractivity contribution in [1.82, 2.24) is 0 Å². The number of pyridine rings is 1. The molecule has 3 aromatic rings. The van der Waals surface area contributed by atoms with Crippen molar-refractivity contribution in [1.29, 1.82) is 0 Å². The highest BCUT2D eigenvalue weighted by molar-refractivity contribution is 14.1. The number of nitrogens with zero attached hydrogens (tertiary/aromatic N) is 2. The molecule has 4 rings (SSSR count). The van der Waals surface area contributed by atoms with Crippen molar-refractivity contribution in [2.45, 2.75) is 38.5 Å². The highest BCUT2D eigenvalue weighted by atomic mass is 127. The van der Waals surface area contributed by atoms with Crippen molar-refractivity contribution in [3.8, 4) is 0 Å². The topological polar surface area (TPSA) is 7.12 Å². The summed E-state index contributed by atoms with van der Waals surface area (Å²) in [5.74, 6) is 0. The van der Waals surface area contributed by atoms with Crippen LogP contribution in [0.25, 0.3) is 23.1 Å². The summed E-state index contributed by atoms with van der Waals surface area (Å²) in [4.78, 5) is 2.52. The van der Waals surface area contributed by atoms with Crippen LogP contribution in [0, 0.1) is 0 Å². The van der Waals surface area contributed by atoms with Crippen molar-refractivity contribution < 1.29 is 4.57 Å². The Bertz CT molecular complexity index is 1080. The van der Waals surface area contributed by atoms with E-state index in [1.54, 1.807) is 0 Å². The number of para-hydroxylation sites is 2. The van der Waals surface area contributed by atoms with Gasteiger partial charge in [0.05, 0.1) is 5.39 Å². The fourth-order valence-electron chi connectivity index (χ4n) is 4.40. The first-order valence-corrected chi connectivity index (χ1v) is 13.0. The second-order valence-corrected chi connectivity index (χ2v) is 9.40. The molecule has 2 heterocycles. The van der Waals surface area contributed by atoms with E-state index in [9.17, 15) is 0 Å². The van der Waals surface area contributed by atoms with Crippen LogP contribution >= 0.6 is 22.6 Å². The van der Waals surface area contributed by atoms with E-state index in [0.717, 1.165) is 6.54 Å². The Morgan fingerprint density at radius 2 is 1.58 bits per heavy atom. The lowest BCUT2D eigenvalue weighted by Gasteiger charge is -2.30. The zero-order chi connectivity index (χ0) is 21.5. The van der Waals surface area contributed by atoms with Crippen molar-refractivity contribution >= 4 is 51.3 Å². The van der Waals surface area contributed by atoms with Gasteiger partial charge in [-0.15, -0.1) is 0 Å². The molecule has 1 aliphatic heterocycles. The van der Waals surface area contributed by atoms with Crippen molar-refractivity contribution in [2.24, 2.45) is 7.05 Å². The van der Waals surface area contributed by atoms with Crippen LogP contribution in [0.2, 0.25) is 0 Å². The molecular formula is C28H32IN2+. The minimum atomic E-state index is 1.07. The standard InChI is InChI=1S/C28H32IN2/c1-30-21-18-24(26-13-7-9-15-28(26)30)22-25-17-16-23-12-6-8-14-27(23)31(25)20-11-5-3-2-4-10-19-29/h6-9,12-18,21-22H,2-5,10-11,19-20H2,1H3/q+1. The summed E-state index contributed by atoms with van der Waals surface area (Å²) < 4.78 is 3.48. The molecule has 0 bridgehead atoms. The van der Waals surface area contributed by atoms with Crippen molar-refractivity contribution in [3.05, 3.63) is 83.7 Å². The van der Waals surface area contributed by atoms with Gasteiger partial charge in [0, 0.05) is 30.1 Å². The summed E-state index contributed by atoms with van der Waals surface area (Å²) in [5, 5.41) is 1.29. The van der Waals surface area contributed by atoms with Gasteiger partial charge >= 0.3 is 0 Å². The lowest BCUT2D eigenvalue weighted by Crippen LogP contribution is -2.28. The average molecular weight is 523 g/mol. The minimum Gasteiger partial charge on any atom is -0.341 e. The van der Waals surface area contributed by atoms with Gasteiger partial charge in [0.1, 0.15) is 7.05 Å². The Morgan fingerprint density at radius 1 is 0.839 bits per heavy atom. The number of fused-ring (bicyclic) bond motifs is 2.